The summed E-state index contributed by atoms with van der Waals surface area (Å²) >= 11 is 0. The first-order chi connectivity index (χ1) is 18.8. The lowest BCUT2D eigenvalue weighted by molar-refractivity contribution is -0.145. The van der Waals surface area contributed by atoms with Crippen molar-refractivity contribution in [3.8, 4) is 0 Å². The van der Waals surface area contributed by atoms with Crippen molar-refractivity contribution in [2.45, 2.75) is 44.2 Å². The van der Waals surface area contributed by atoms with Gasteiger partial charge < -0.3 is 4.90 Å². The lowest BCUT2D eigenvalue weighted by Crippen LogP contribution is -2.56. The molecule has 0 bridgehead atoms. The third-order valence-electron chi connectivity index (χ3n) is 7.81. The van der Waals surface area contributed by atoms with Crippen molar-refractivity contribution in [1.82, 2.24) is 9.80 Å². The lowest BCUT2D eigenvalue weighted by Gasteiger charge is -2.44. The molecule has 1 heterocycles. The van der Waals surface area contributed by atoms with Crippen molar-refractivity contribution in [1.29, 1.82) is 0 Å². The zero-order valence-corrected chi connectivity index (χ0v) is 22.2. The van der Waals surface area contributed by atoms with Crippen LogP contribution in [0.4, 0.5) is 0 Å². The maximum absolute atomic E-state index is 14.3. The Morgan fingerprint density at radius 3 is 1.53 bits per heavy atom. The van der Waals surface area contributed by atoms with Crippen LogP contribution in [0, 0.1) is 0 Å². The number of carbonyl (C=O) groups is 1. The second kappa shape index (κ2) is 13.2. The van der Waals surface area contributed by atoms with Gasteiger partial charge in [-0.05, 0) is 54.4 Å². The van der Waals surface area contributed by atoms with Crippen molar-refractivity contribution in [3.05, 3.63) is 144 Å². The van der Waals surface area contributed by atoms with Gasteiger partial charge in [0.05, 0.1) is 0 Å². The van der Waals surface area contributed by atoms with E-state index in [2.05, 4.69) is 125 Å². The first-order valence-corrected chi connectivity index (χ1v) is 14.0. The Balaban J connectivity index is 1.36. The van der Waals surface area contributed by atoms with E-state index in [1.165, 1.54) is 16.7 Å². The third kappa shape index (κ3) is 6.79. The minimum Gasteiger partial charge on any atom is -0.337 e. The lowest BCUT2D eigenvalue weighted by atomic mass is 9.94. The van der Waals surface area contributed by atoms with Crippen molar-refractivity contribution in [2.24, 2.45) is 0 Å². The van der Waals surface area contributed by atoms with Crippen LogP contribution in [0.1, 0.15) is 41.1 Å². The molecule has 0 aromatic heterocycles. The van der Waals surface area contributed by atoms with E-state index in [1.807, 2.05) is 6.07 Å². The Morgan fingerprint density at radius 1 is 0.579 bits per heavy atom. The Hall–Kier alpha value is -3.69. The van der Waals surface area contributed by atoms with Gasteiger partial charge in [-0.25, -0.2) is 0 Å². The number of hydrogen-bond acceptors (Lipinski definition) is 2. The molecule has 3 heteroatoms. The van der Waals surface area contributed by atoms with Gasteiger partial charge in [0.2, 0.25) is 5.91 Å². The summed E-state index contributed by atoms with van der Waals surface area (Å²) in [5.41, 5.74) is 5.09. The molecule has 0 spiro atoms. The molecule has 0 aliphatic carbocycles. The van der Waals surface area contributed by atoms with Gasteiger partial charge in [-0.15, -0.1) is 0 Å². The van der Waals surface area contributed by atoms with Crippen LogP contribution in [0.2, 0.25) is 0 Å². The van der Waals surface area contributed by atoms with Gasteiger partial charge in [0.15, 0.2) is 0 Å². The van der Waals surface area contributed by atoms with E-state index in [-0.39, 0.29) is 18.0 Å². The van der Waals surface area contributed by atoms with Gasteiger partial charge in [0.25, 0.3) is 0 Å². The molecule has 4 aromatic carbocycles. The molecule has 1 saturated heterocycles. The van der Waals surface area contributed by atoms with Crippen molar-refractivity contribution < 1.29 is 4.79 Å². The number of nitrogens with zero attached hydrogens (tertiary/aromatic N) is 2. The summed E-state index contributed by atoms with van der Waals surface area (Å²) in [4.78, 5) is 18.9. The zero-order valence-electron chi connectivity index (χ0n) is 22.2. The average molecular weight is 503 g/mol. The topological polar surface area (TPSA) is 23.6 Å². The van der Waals surface area contributed by atoms with E-state index in [0.717, 1.165) is 57.3 Å². The summed E-state index contributed by atoms with van der Waals surface area (Å²) in [5, 5.41) is 0. The molecule has 1 fully saturated rings. The standard InChI is InChI=1S/C35H38N2O/c38-35-34(32-19-11-4-12-20-32)36(26-25-31-17-9-3-10-18-31)27-28-37(35)33(23-21-29-13-5-1-6-14-29)24-22-30-15-7-2-8-16-30/h1-20,33-34H,21-28H2. The summed E-state index contributed by atoms with van der Waals surface area (Å²) in [6.45, 7) is 2.55. The highest BCUT2D eigenvalue weighted by atomic mass is 16.2. The Kier molecular flexibility index (Phi) is 9.02. The number of carbonyl (C=O) groups excluding carboxylic acids is 1. The first kappa shape index (κ1) is 25.9. The Morgan fingerprint density at radius 2 is 1.03 bits per heavy atom. The highest BCUT2D eigenvalue weighted by molar-refractivity contribution is 5.84. The molecule has 38 heavy (non-hydrogen) atoms. The molecule has 0 radical (unpaired) electrons. The van der Waals surface area contributed by atoms with Gasteiger partial charge in [0.1, 0.15) is 6.04 Å². The Bertz CT molecular complexity index is 1200. The fourth-order valence-electron chi connectivity index (χ4n) is 5.71. The molecule has 5 rings (SSSR count). The predicted octanol–water partition coefficient (Wildman–Crippen LogP) is 6.75. The van der Waals surface area contributed by atoms with Crippen LogP contribution < -0.4 is 0 Å². The summed E-state index contributed by atoms with van der Waals surface area (Å²) in [5.74, 6) is 0.252. The van der Waals surface area contributed by atoms with Crippen molar-refractivity contribution in [2.75, 3.05) is 19.6 Å². The third-order valence-corrected chi connectivity index (χ3v) is 7.81. The number of amides is 1. The van der Waals surface area contributed by atoms with Crippen molar-refractivity contribution >= 4 is 5.91 Å². The molecule has 1 aliphatic heterocycles. The number of piperazine rings is 1. The van der Waals surface area contributed by atoms with Crippen molar-refractivity contribution in [3.63, 3.8) is 0 Å². The molecule has 1 amide bonds. The Labute approximate surface area is 227 Å². The molecule has 0 saturated carbocycles. The van der Waals surface area contributed by atoms with Crippen LogP contribution in [0.5, 0.6) is 0 Å². The summed E-state index contributed by atoms with van der Waals surface area (Å²) in [7, 11) is 0. The van der Waals surface area contributed by atoms with Gasteiger partial charge in [0, 0.05) is 25.7 Å². The maximum Gasteiger partial charge on any atom is 0.244 e. The second-order valence-electron chi connectivity index (χ2n) is 10.3. The fourth-order valence-corrected chi connectivity index (χ4v) is 5.71. The molecule has 3 nitrogen and oxygen atoms in total. The largest absolute Gasteiger partial charge is 0.337 e. The molecule has 1 atom stereocenters. The monoisotopic (exact) mass is 502 g/mol. The zero-order chi connectivity index (χ0) is 26.0. The van der Waals surface area contributed by atoms with E-state index in [0.29, 0.717) is 0 Å². The minimum atomic E-state index is -0.232. The molecule has 0 N–H and O–H groups in total. The number of aryl methyl sites for hydroxylation is 2. The molecular formula is C35H38N2O. The quantitative estimate of drug-likeness (QED) is 0.227. The molecule has 1 aliphatic rings. The predicted molar refractivity (Wildman–Crippen MR) is 156 cm³/mol. The first-order valence-electron chi connectivity index (χ1n) is 14.0. The van der Waals surface area contributed by atoms with Crippen LogP contribution in [0.3, 0.4) is 0 Å². The highest BCUT2D eigenvalue weighted by Gasteiger charge is 2.38. The van der Waals surface area contributed by atoms with E-state index in [4.69, 9.17) is 0 Å². The molecular weight excluding hydrogens is 464 g/mol. The smallest absolute Gasteiger partial charge is 0.244 e. The van der Waals surface area contributed by atoms with E-state index >= 15 is 0 Å². The van der Waals surface area contributed by atoms with Gasteiger partial charge >= 0.3 is 0 Å². The summed E-state index contributed by atoms with van der Waals surface area (Å²) in [6.07, 6.45) is 4.88. The van der Waals surface area contributed by atoms with Gasteiger partial charge in [-0.1, -0.05) is 121 Å². The SMILES string of the molecule is O=C1C(c2ccccc2)N(CCc2ccccc2)CCN1C(CCc1ccccc1)CCc1ccccc1. The van der Waals surface area contributed by atoms with Crippen LogP contribution >= 0.6 is 0 Å². The molecule has 1 unspecified atom stereocenters. The van der Waals surface area contributed by atoms with E-state index < -0.39 is 0 Å². The molecule has 4 aromatic rings. The van der Waals surface area contributed by atoms with Crippen LogP contribution in [-0.2, 0) is 24.1 Å². The summed E-state index contributed by atoms with van der Waals surface area (Å²) in [6, 6.07) is 42.3. The number of benzene rings is 4. The normalized spacial score (nSPS) is 16.2. The minimum absolute atomic E-state index is 0.213. The average Bonchev–Trinajstić information content (AvgIpc) is 2.98. The fraction of sp³-hybridized carbons (Fsp3) is 0.286. The van der Waals surface area contributed by atoms with E-state index in [9.17, 15) is 4.79 Å². The molecule has 194 valence electrons. The number of rotatable bonds is 11. The van der Waals surface area contributed by atoms with Gasteiger partial charge in [-0.3, -0.25) is 9.69 Å². The van der Waals surface area contributed by atoms with Crippen LogP contribution in [-0.4, -0.2) is 41.4 Å². The van der Waals surface area contributed by atoms with E-state index in [1.54, 1.807) is 0 Å². The number of hydrogen-bond donors (Lipinski definition) is 0. The van der Waals surface area contributed by atoms with Crippen LogP contribution in [0.15, 0.2) is 121 Å². The second-order valence-corrected chi connectivity index (χ2v) is 10.3. The summed E-state index contributed by atoms with van der Waals surface area (Å²) < 4.78 is 0. The van der Waals surface area contributed by atoms with Crippen LogP contribution in [0.25, 0.3) is 0 Å². The van der Waals surface area contributed by atoms with Gasteiger partial charge in [-0.2, -0.15) is 0 Å². The highest BCUT2D eigenvalue weighted by Crippen LogP contribution is 2.30. The maximum atomic E-state index is 14.3.